The molecule has 2 rings (SSSR count). The molecule has 1 aromatic rings. The number of anilines is 1. The molecular formula is C14H21FN2O. The van der Waals surface area contributed by atoms with Gasteiger partial charge in [-0.2, -0.15) is 0 Å². The molecule has 4 heteroatoms. The normalized spacial score (nSPS) is 23.7. The Morgan fingerprint density at radius 3 is 2.72 bits per heavy atom. The first-order chi connectivity index (χ1) is 8.69. The lowest BCUT2D eigenvalue weighted by molar-refractivity contribution is 0.338. The summed E-state index contributed by atoms with van der Waals surface area (Å²) in [4.78, 5) is 0. The zero-order valence-electron chi connectivity index (χ0n) is 10.8. The van der Waals surface area contributed by atoms with Crippen LogP contribution >= 0.6 is 0 Å². The molecule has 0 spiro atoms. The molecule has 0 unspecified atom stereocenters. The monoisotopic (exact) mass is 252 g/mol. The van der Waals surface area contributed by atoms with E-state index in [1.54, 1.807) is 13.2 Å². The third-order valence-corrected chi connectivity index (χ3v) is 3.63. The Balaban J connectivity index is 1.91. The van der Waals surface area contributed by atoms with Gasteiger partial charge >= 0.3 is 0 Å². The predicted octanol–water partition coefficient (Wildman–Crippen LogP) is 2.76. The van der Waals surface area contributed by atoms with Gasteiger partial charge in [0, 0.05) is 18.7 Å². The van der Waals surface area contributed by atoms with Crippen LogP contribution in [0.3, 0.4) is 0 Å². The van der Waals surface area contributed by atoms with Crippen molar-refractivity contribution >= 4 is 5.69 Å². The van der Waals surface area contributed by atoms with E-state index in [1.807, 2.05) is 0 Å². The number of methoxy groups -OCH3 is 1. The minimum Gasteiger partial charge on any atom is -0.495 e. The second-order valence-corrected chi connectivity index (χ2v) is 5.01. The number of nitrogens with two attached hydrogens (primary N) is 1. The lowest BCUT2D eigenvalue weighted by atomic mass is 9.86. The molecule has 0 saturated heterocycles. The van der Waals surface area contributed by atoms with E-state index in [1.165, 1.54) is 12.1 Å². The summed E-state index contributed by atoms with van der Waals surface area (Å²) in [6, 6.07) is 4.90. The summed E-state index contributed by atoms with van der Waals surface area (Å²) in [6.45, 7) is 0.854. The summed E-state index contributed by atoms with van der Waals surface area (Å²) in [5.74, 6) is 1.06. The molecule has 3 N–H and O–H groups in total. The molecule has 0 aliphatic heterocycles. The molecule has 1 aromatic carbocycles. The van der Waals surface area contributed by atoms with Crippen LogP contribution in [0.2, 0.25) is 0 Å². The standard InChI is InChI=1S/C14H21FN2O/c1-18-14-7-4-11(15)8-13(14)17-9-10-2-5-12(16)6-3-10/h4,7-8,10,12,17H,2-3,5-6,9,16H2,1H3. The molecule has 0 aromatic heterocycles. The maximum atomic E-state index is 13.2. The first-order valence-corrected chi connectivity index (χ1v) is 6.52. The van der Waals surface area contributed by atoms with Gasteiger partial charge < -0.3 is 15.8 Å². The summed E-state index contributed by atoms with van der Waals surface area (Å²) >= 11 is 0. The second kappa shape index (κ2) is 6.05. The molecule has 3 nitrogen and oxygen atoms in total. The van der Waals surface area contributed by atoms with E-state index in [-0.39, 0.29) is 5.82 Å². The highest BCUT2D eigenvalue weighted by Gasteiger charge is 2.18. The molecule has 100 valence electrons. The van der Waals surface area contributed by atoms with E-state index in [0.717, 1.165) is 37.9 Å². The highest BCUT2D eigenvalue weighted by atomic mass is 19.1. The summed E-state index contributed by atoms with van der Waals surface area (Å²) < 4.78 is 18.4. The summed E-state index contributed by atoms with van der Waals surface area (Å²) in [5.41, 5.74) is 6.61. The van der Waals surface area contributed by atoms with Gasteiger partial charge in [0.05, 0.1) is 12.8 Å². The van der Waals surface area contributed by atoms with Crippen molar-refractivity contribution in [3.63, 3.8) is 0 Å². The van der Waals surface area contributed by atoms with Crippen LogP contribution in [-0.2, 0) is 0 Å². The molecule has 1 aliphatic rings. The summed E-state index contributed by atoms with van der Waals surface area (Å²) in [7, 11) is 1.60. The van der Waals surface area contributed by atoms with Crippen LogP contribution in [0.15, 0.2) is 18.2 Å². The van der Waals surface area contributed by atoms with Crippen molar-refractivity contribution in [3.8, 4) is 5.75 Å². The molecule has 1 saturated carbocycles. The lowest BCUT2D eigenvalue weighted by Crippen LogP contribution is -2.29. The fourth-order valence-electron chi connectivity index (χ4n) is 2.47. The zero-order chi connectivity index (χ0) is 13.0. The first-order valence-electron chi connectivity index (χ1n) is 6.52. The van der Waals surface area contributed by atoms with Crippen molar-refractivity contribution < 1.29 is 9.13 Å². The van der Waals surface area contributed by atoms with Crippen LogP contribution in [0.1, 0.15) is 25.7 Å². The molecule has 0 radical (unpaired) electrons. The van der Waals surface area contributed by atoms with Crippen molar-refractivity contribution in [2.24, 2.45) is 11.7 Å². The van der Waals surface area contributed by atoms with E-state index in [4.69, 9.17) is 10.5 Å². The molecule has 18 heavy (non-hydrogen) atoms. The third kappa shape index (κ3) is 3.35. The largest absolute Gasteiger partial charge is 0.495 e. The number of ether oxygens (including phenoxy) is 1. The van der Waals surface area contributed by atoms with Crippen molar-refractivity contribution in [3.05, 3.63) is 24.0 Å². The molecule has 0 bridgehead atoms. The molecule has 0 amide bonds. The molecule has 0 heterocycles. The maximum Gasteiger partial charge on any atom is 0.142 e. The minimum atomic E-state index is -0.246. The Morgan fingerprint density at radius 1 is 1.33 bits per heavy atom. The number of hydrogen-bond donors (Lipinski definition) is 2. The molecular weight excluding hydrogens is 231 g/mol. The second-order valence-electron chi connectivity index (χ2n) is 5.01. The number of rotatable bonds is 4. The van der Waals surface area contributed by atoms with Gasteiger partial charge in [0.15, 0.2) is 0 Å². The van der Waals surface area contributed by atoms with Gasteiger partial charge in [-0.1, -0.05) is 0 Å². The van der Waals surface area contributed by atoms with Gasteiger partial charge in [-0.3, -0.25) is 0 Å². The van der Waals surface area contributed by atoms with Gasteiger partial charge in [-0.05, 0) is 43.7 Å². The molecule has 0 atom stereocenters. The minimum absolute atomic E-state index is 0.246. The van der Waals surface area contributed by atoms with Gasteiger partial charge in [0.25, 0.3) is 0 Å². The van der Waals surface area contributed by atoms with E-state index < -0.39 is 0 Å². The number of nitrogens with one attached hydrogen (secondary N) is 1. The van der Waals surface area contributed by atoms with Crippen LogP contribution in [-0.4, -0.2) is 19.7 Å². The van der Waals surface area contributed by atoms with Crippen LogP contribution in [0.25, 0.3) is 0 Å². The highest BCUT2D eigenvalue weighted by Crippen LogP contribution is 2.27. The fraction of sp³-hybridized carbons (Fsp3) is 0.571. The van der Waals surface area contributed by atoms with Crippen LogP contribution < -0.4 is 15.8 Å². The predicted molar refractivity (Wildman–Crippen MR) is 71.4 cm³/mol. The maximum absolute atomic E-state index is 13.2. The summed E-state index contributed by atoms with van der Waals surface area (Å²) in [6.07, 6.45) is 4.47. The van der Waals surface area contributed by atoms with Crippen molar-refractivity contribution in [1.29, 1.82) is 0 Å². The quantitative estimate of drug-likeness (QED) is 0.866. The van der Waals surface area contributed by atoms with Crippen molar-refractivity contribution in [2.45, 2.75) is 31.7 Å². The van der Waals surface area contributed by atoms with Crippen molar-refractivity contribution in [2.75, 3.05) is 19.0 Å². The Bertz CT molecular complexity index is 389. The topological polar surface area (TPSA) is 47.3 Å². The van der Waals surface area contributed by atoms with E-state index >= 15 is 0 Å². The van der Waals surface area contributed by atoms with Crippen molar-refractivity contribution in [1.82, 2.24) is 0 Å². The van der Waals surface area contributed by atoms with Crippen LogP contribution in [0, 0.1) is 11.7 Å². The zero-order valence-corrected chi connectivity index (χ0v) is 10.8. The van der Waals surface area contributed by atoms with E-state index in [9.17, 15) is 4.39 Å². The average Bonchev–Trinajstić information content (AvgIpc) is 2.38. The smallest absolute Gasteiger partial charge is 0.142 e. The van der Waals surface area contributed by atoms with Crippen LogP contribution in [0.5, 0.6) is 5.75 Å². The van der Waals surface area contributed by atoms with Gasteiger partial charge in [0.1, 0.15) is 11.6 Å². The Labute approximate surface area is 108 Å². The third-order valence-electron chi connectivity index (χ3n) is 3.63. The Kier molecular flexibility index (Phi) is 4.42. The lowest BCUT2D eigenvalue weighted by Gasteiger charge is -2.26. The van der Waals surface area contributed by atoms with Gasteiger partial charge in [0.2, 0.25) is 0 Å². The SMILES string of the molecule is COc1ccc(F)cc1NCC1CCC(N)CC1. The molecule has 1 aliphatic carbocycles. The number of hydrogen-bond acceptors (Lipinski definition) is 3. The highest BCUT2D eigenvalue weighted by molar-refractivity contribution is 5.56. The average molecular weight is 252 g/mol. The number of benzene rings is 1. The van der Waals surface area contributed by atoms with Crippen LogP contribution in [0.4, 0.5) is 10.1 Å². The first kappa shape index (κ1) is 13.1. The fourth-order valence-corrected chi connectivity index (χ4v) is 2.47. The van der Waals surface area contributed by atoms with E-state index in [0.29, 0.717) is 17.7 Å². The Hall–Kier alpha value is -1.29. The summed E-state index contributed by atoms with van der Waals surface area (Å²) in [5, 5.41) is 3.28. The number of halogens is 1. The van der Waals surface area contributed by atoms with Gasteiger partial charge in [-0.15, -0.1) is 0 Å². The van der Waals surface area contributed by atoms with Gasteiger partial charge in [-0.25, -0.2) is 4.39 Å². The van der Waals surface area contributed by atoms with E-state index in [2.05, 4.69) is 5.32 Å². The Morgan fingerprint density at radius 2 is 2.06 bits per heavy atom. The molecule has 1 fully saturated rings.